The van der Waals surface area contributed by atoms with Crippen molar-refractivity contribution in [1.29, 1.82) is 0 Å². The van der Waals surface area contributed by atoms with Crippen LogP contribution in [0.3, 0.4) is 0 Å². The number of hydrogen-bond donors (Lipinski definition) is 2. The first kappa shape index (κ1) is 19.2. The molecule has 134 valence electrons. The van der Waals surface area contributed by atoms with Crippen LogP contribution in [0.25, 0.3) is 0 Å². The first-order valence-electron chi connectivity index (χ1n) is 7.75. The molecular formula is C18H19F2NO3S. The number of thioether (sulfide) groups is 1. The Labute approximate surface area is 149 Å². The molecule has 2 N–H and O–H groups in total. The Hall–Kier alpha value is -2.12. The lowest BCUT2D eigenvalue weighted by atomic mass is 10.1. The van der Waals surface area contributed by atoms with Crippen molar-refractivity contribution in [3.05, 3.63) is 59.7 Å². The van der Waals surface area contributed by atoms with Crippen LogP contribution in [0.2, 0.25) is 0 Å². The monoisotopic (exact) mass is 367 g/mol. The minimum absolute atomic E-state index is 0.0757. The molecule has 1 unspecified atom stereocenters. The maximum Gasteiger partial charge on any atom is 0.230 e. The highest BCUT2D eigenvalue weighted by Crippen LogP contribution is 2.21. The van der Waals surface area contributed by atoms with E-state index < -0.39 is 17.7 Å². The van der Waals surface area contributed by atoms with E-state index in [0.29, 0.717) is 6.61 Å². The second-order valence-corrected chi connectivity index (χ2v) is 6.24. The Kier molecular flexibility index (Phi) is 7.21. The number of aliphatic hydroxyl groups excluding tert-OH is 1. The van der Waals surface area contributed by atoms with Crippen molar-refractivity contribution >= 4 is 17.7 Å². The highest BCUT2D eigenvalue weighted by atomic mass is 32.2. The second-order valence-electron chi connectivity index (χ2n) is 5.19. The van der Waals surface area contributed by atoms with Crippen LogP contribution in [0.15, 0.2) is 47.4 Å². The molecule has 0 aliphatic heterocycles. The number of rotatable bonds is 8. The van der Waals surface area contributed by atoms with Gasteiger partial charge in [-0.25, -0.2) is 8.78 Å². The van der Waals surface area contributed by atoms with Gasteiger partial charge in [0.2, 0.25) is 5.91 Å². The molecule has 0 aliphatic carbocycles. The molecule has 0 bridgehead atoms. The zero-order valence-electron chi connectivity index (χ0n) is 13.7. The van der Waals surface area contributed by atoms with Gasteiger partial charge in [-0.3, -0.25) is 4.79 Å². The lowest BCUT2D eigenvalue weighted by molar-refractivity contribution is -0.119. The Balaban J connectivity index is 1.77. The highest BCUT2D eigenvalue weighted by Gasteiger charge is 2.12. The molecule has 0 spiro atoms. The van der Waals surface area contributed by atoms with Crippen molar-refractivity contribution in [3.8, 4) is 5.75 Å². The van der Waals surface area contributed by atoms with Crippen molar-refractivity contribution < 1.29 is 23.4 Å². The predicted octanol–water partition coefficient (Wildman–Crippen LogP) is 3.31. The molecule has 2 aromatic rings. The minimum Gasteiger partial charge on any atom is -0.494 e. The van der Waals surface area contributed by atoms with Crippen molar-refractivity contribution in [2.45, 2.75) is 17.9 Å². The summed E-state index contributed by atoms with van der Waals surface area (Å²) in [5.74, 6) is -1.33. The summed E-state index contributed by atoms with van der Waals surface area (Å²) in [6.07, 6.45) is -1.10. The third-order valence-electron chi connectivity index (χ3n) is 3.33. The minimum atomic E-state index is -1.10. The standard InChI is InChI=1S/C18H19F2NO3S/c1-2-24-13-4-6-14(7-5-13)25-11-18(23)21-10-17(22)12-3-8-15(19)16(20)9-12/h3-9,17,22H,2,10-11H2,1H3,(H,21,23). The fourth-order valence-electron chi connectivity index (χ4n) is 2.05. The zero-order valence-corrected chi connectivity index (χ0v) is 14.5. The molecule has 0 saturated carbocycles. The first-order chi connectivity index (χ1) is 12.0. The van der Waals surface area contributed by atoms with E-state index >= 15 is 0 Å². The molecule has 0 heterocycles. The summed E-state index contributed by atoms with van der Waals surface area (Å²) in [6, 6.07) is 10.5. The summed E-state index contributed by atoms with van der Waals surface area (Å²) in [7, 11) is 0. The molecule has 2 aromatic carbocycles. The van der Waals surface area contributed by atoms with Gasteiger partial charge in [0.15, 0.2) is 11.6 Å². The van der Waals surface area contributed by atoms with Crippen LogP contribution in [-0.4, -0.2) is 29.9 Å². The molecule has 0 fully saturated rings. The van der Waals surface area contributed by atoms with Crippen molar-refractivity contribution in [2.24, 2.45) is 0 Å². The Morgan fingerprint density at radius 3 is 2.56 bits per heavy atom. The van der Waals surface area contributed by atoms with E-state index in [0.717, 1.165) is 22.8 Å². The van der Waals surface area contributed by atoms with Gasteiger partial charge in [-0.05, 0) is 48.9 Å². The zero-order chi connectivity index (χ0) is 18.2. The van der Waals surface area contributed by atoms with Crippen LogP contribution in [0.4, 0.5) is 8.78 Å². The molecule has 25 heavy (non-hydrogen) atoms. The smallest absolute Gasteiger partial charge is 0.230 e. The number of aliphatic hydroxyl groups is 1. The van der Waals surface area contributed by atoms with Crippen LogP contribution in [0.5, 0.6) is 5.75 Å². The van der Waals surface area contributed by atoms with Crippen LogP contribution in [0.1, 0.15) is 18.6 Å². The van der Waals surface area contributed by atoms with Crippen LogP contribution >= 0.6 is 11.8 Å². The average Bonchev–Trinajstić information content (AvgIpc) is 2.61. The van der Waals surface area contributed by atoms with Gasteiger partial charge in [-0.15, -0.1) is 11.8 Å². The van der Waals surface area contributed by atoms with E-state index in [-0.39, 0.29) is 23.8 Å². The fourth-order valence-corrected chi connectivity index (χ4v) is 2.78. The summed E-state index contributed by atoms with van der Waals surface area (Å²) in [5, 5.41) is 12.5. The van der Waals surface area contributed by atoms with E-state index in [9.17, 15) is 18.7 Å². The Morgan fingerprint density at radius 2 is 1.92 bits per heavy atom. The molecule has 2 rings (SSSR count). The largest absolute Gasteiger partial charge is 0.494 e. The number of ether oxygens (including phenoxy) is 1. The highest BCUT2D eigenvalue weighted by molar-refractivity contribution is 8.00. The molecule has 4 nitrogen and oxygen atoms in total. The molecule has 1 atom stereocenters. The molecular weight excluding hydrogens is 348 g/mol. The van der Waals surface area contributed by atoms with Gasteiger partial charge in [0.25, 0.3) is 0 Å². The van der Waals surface area contributed by atoms with E-state index in [1.807, 2.05) is 31.2 Å². The van der Waals surface area contributed by atoms with Crippen LogP contribution in [-0.2, 0) is 4.79 Å². The number of carbonyl (C=O) groups excluding carboxylic acids is 1. The summed E-state index contributed by atoms with van der Waals surface area (Å²) in [5.41, 5.74) is 0.207. The normalized spacial score (nSPS) is 11.8. The number of benzene rings is 2. The predicted molar refractivity (Wildman–Crippen MR) is 92.7 cm³/mol. The maximum atomic E-state index is 13.1. The lowest BCUT2D eigenvalue weighted by Crippen LogP contribution is -2.29. The SMILES string of the molecule is CCOc1ccc(SCC(=O)NCC(O)c2ccc(F)c(F)c2)cc1. The lowest BCUT2D eigenvalue weighted by Gasteiger charge is -2.12. The summed E-state index contributed by atoms with van der Waals surface area (Å²) in [6.45, 7) is 2.42. The topological polar surface area (TPSA) is 58.6 Å². The quantitative estimate of drug-likeness (QED) is 0.703. The molecule has 1 amide bonds. The summed E-state index contributed by atoms with van der Waals surface area (Å²) < 4.78 is 31.3. The van der Waals surface area contributed by atoms with Gasteiger partial charge >= 0.3 is 0 Å². The van der Waals surface area contributed by atoms with Gasteiger partial charge < -0.3 is 15.2 Å². The number of amides is 1. The van der Waals surface area contributed by atoms with Gasteiger partial charge in [-0.1, -0.05) is 6.07 Å². The van der Waals surface area contributed by atoms with Crippen LogP contribution in [0, 0.1) is 11.6 Å². The Bertz CT molecular complexity index is 710. The summed E-state index contributed by atoms with van der Waals surface area (Å²) >= 11 is 1.35. The van der Waals surface area contributed by atoms with E-state index in [1.165, 1.54) is 17.8 Å². The first-order valence-corrected chi connectivity index (χ1v) is 8.73. The van der Waals surface area contributed by atoms with Gasteiger partial charge in [0.05, 0.1) is 18.5 Å². The van der Waals surface area contributed by atoms with Gasteiger partial charge in [-0.2, -0.15) is 0 Å². The summed E-state index contributed by atoms with van der Waals surface area (Å²) in [4.78, 5) is 12.8. The number of halogens is 2. The maximum absolute atomic E-state index is 13.1. The molecule has 0 saturated heterocycles. The Morgan fingerprint density at radius 1 is 1.20 bits per heavy atom. The third-order valence-corrected chi connectivity index (χ3v) is 4.34. The number of hydrogen-bond acceptors (Lipinski definition) is 4. The van der Waals surface area contributed by atoms with Crippen molar-refractivity contribution in [1.82, 2.24) is 5.32 Å². The third kappa shape index (κ3) is 6.03. The fraction of sp³-hybridized carbons (Fsp3) is 0.278. The second kappa shape index (κ2) is 9.39. The van der Waals surface area contributed by atoms with Crippen molar-refractivity contribution in [2.75, 3.05) is 18.9 Å². The van der Waals surface area contributed by atoms with Crippen molar-refractivity contribution in [3.63, 3.8) is 0 Å². The number of carbonyl (C=O) groups is 1. The number of nitrogens with one attached hydrogen (secondary N) is 1. The molecule has 0 aliphatic rings. The van der Waals surface area contributed by atoms with Crippen LogP contribution < -0.4 is 10.1 Å². The van der Waals surface area contributed by atoms with E-state index in [4.69, 9.17) is 4.74 Å². The molecule has 7 heteroatoms. The van der Waals surface area contributed by atoms with E-state index in [2.05, 4.69) is 5.32 Å². The average molecular weight is 367 g/mol. The van der Waals surface area contributed by atoms with E-state index in [1.54, 1.807) is 0 Å². The molecule has 0 aromatic heterocycles. The molecule has 0 radical (unpaired) electrons. The van der Waals surface area contributed by atoms with Gasteiger partial charge in [0.1, 0.15) is 5.75 Å². The van der Waals surface area contributed by atoms with Gasteiger partial charge in [0, 0.05) is 11.4 Å².